The minimum Gasteiger partial charge on any atom is -0.481 e. The summed E-state index contributed by atoms with van der Waals surface area (Å²) in [5.74, 6) is 1.66. The molecule has 1 atom stereocenters. The van der Waals surface area contributed by atoms with Crippen LogP contribution in [0.1, 0.15) is 19.3 Å². The van der Waals surface area contributed by atoms with Crippen molar-refractivity contribution in [3.63, 3.8) is 0 Å². The zero-order valence-corrected chi connectivity index (χ0v) is 15.0. The Morgan fingerprint density at radius 1 is 1.38 bits per heavy atom. The van der Waals surface area contributed by atoms with E-state index in [1.54, 1.807) is 7.11 Å². The lowest BCUT2D eigenvalue weighted by Gasteiger charge is -2.34. The molecule has 6 nitrogen and oxygen atoms in total. The zero-order valence-electron chi connectivity index (χ0n) is 14.2. The topological polar surface area (TPSA) is 79.2 Å². The van der Waals surface area contributed by atoms with E-state index in [2.05, 4.69) is 14.9 Å². The van der Waals surface area contributed by atoms with Crippen molar-refractivity contribution in [2.45, 2.75) is 19.3 Å². The molecule has 24 heavy (non-hydrogen) atoms. The molecule has 0 saturated carbocycles. The van der Waals surface area contributed by atoms with Crippen LogP contribution < -0.4 is 9.64 Å². The van der Waals surface area contributed by atoms with Crippen molar-refractivity contribution in [3.05, 3.63) is 24.5 Å². The number of nitrogens with zero attached hydrogens (tertiary/aromatic N) is 3. The Morgan fingerprint density at radius 2 is 2.12 bits per heavy atom. The van der Waals surface area contributed by atoms with Crippen LogP contribution in [0.4, 0.5) is 5.69 Å². The fraction of sp³-hybridized carbons (Fsp3) is 0.529. The maximum atomic E-state index is 11.5. The summed E-state index contributed by atoms with van der Waals surface area (Å²) >= 11 is 0. The molecule has 0 amide bonds. The Kier molecular flexibility index (Phi) is 4.89. The van der Waals surface area contributed by atoms with Crippen molar-refractivity contribution in [2.75, 3.05) is 37.1 Å². The van der Waals surface area contributed by atoms with Crippen molar-refractivity contribution >= 4 is 26.3 Å². The Hall–Kier alpha value is -1.89. The molecule has 1 saturated heterocycles. The minimum atomic E-state index is -2.37. The number of hydrogen-bond donors (Lipinski definition) is 1. The van der Waals surface area contributed by atoms with Crippen LogP contribution in [0, 0.1) is 10.7 Å². The van der Waals surface area contributed by atoms with E-state index in [0.29, 0.717) is 17.6 Å². The first-order chi connectivity index (χ1) is 11.5. The number of piperidine rings is 1. The first kappa shape index (κ1) is 17.0. The molecule has 0 aliphatic carbocycles. The Bertz CT molecular complexity index is 814. The fourth-order valence-corrected chi connectivity index (χ4v) is 4.03. The monoisotopic (exact) mass is 348 g/mol. The van der Waals surface area contributed by atoms with E-state index in [0.717, 1.165) is 48.9 Å². The summed E-state index contributed by atoms with van der Waals surface area (Å²) in [7, 11) is -0.761. The highest BCUT2D eigenvalue weighted by Crippen LogP contribution is 2.31. The minimum absolute atomic E-state index is 0.513. The molecule has 0 spiro atoms. The quantitative estimate of drug-likeness (QED) is 0.899. The van der Waals surface area contributed by atoms with E-state index in [-0.39, 0.29) is 0 Å². The third-order valence-electron chi connectivity index (χ3n) is 4.66. The summed E-state index contributed by atoms with van der Waals surface area (Å²) in [6.45, 7) is 1.94. The molecule has 7 heteroatoms. The van der Waals surface area contributed by atoms with Crippen molar-refractivity contribution in [1.82, 2.24) is 9.97 Å². The lowest BCUT2D eigenvalue weighted by molar-refractivity contribution is 0.396. The largest absolute Gasteiger partial charge is 0.481 e. The zero-order chi connectivity index (χ0) is 17.2. The van der Waals surface area contributed by atoms with Crippen LogP contribution in [0.15, 0.2) is 24.5 Å². The van der Waals surface area contributed by atoms with Crippen LogP contribution in [-0.2, 0) is 9.73 Å². The first-order valence-corrected chi connectivity index (χ1v) is 10.3. The van der Waals surface area contributed by atoms with Gasteiger partial charge in [0.1, 0.15) is 0 Å². The molecule has 1 fully saturated rings. The van der Waals surface area contributed by atoms with E-state index in [1.165, 1.54) is 6.26 Å². The second-order valence-electron chi connectivity index (χ2n) is 6.50. The molecule has 130 valence electrons. The SMILES string of the molecule is COc1cc2nccc(N3CCC(CCS(C)(=N)=O)CC3)c2cn1. The third kappa shape index (κ3) is 3.95. The highest BCUT2D eigenvalue weighted by atomic mass is 32.2. The van der Waals surface area contributed by atoms with Crippen LogP contribution in [0.2, 0.25) is 0 Å². The normalized spacial score (nSPS) is 18.5. The van der Waals surface area contributed by atoms with Gasteiger partial charge in [-0.3, -0.25) is 14.0 Å². The molecule has 2 aromatic rings. The van der Waals surface area contributed by atoms with Crippen molar-refractivity contribution in [1.29, 1.82) is 4.78 Å². The summed E-state index contributed by atoms with van der Waals surface area (Å²) < 4.78 is 24.3. The summed E-state index contributed by atoms with van der Waals surface area (Å²) in [6.07, 6.45) is 8.23. The summed E-state index contributed by atoms with van der Waals surface area (Å²) in [4.78, 5) is 11.1. The lowest BCUT2D eigenvalue weighted by Crippen LogP contribution is -2.34. The molecule has 2 aromatic heterocycles. The van der Waals surface area contributed by atoms with Gasteiger partial charge in [-0.2, -0.15) is 0 Å². The van der Waals surface area contributed by atoms with Gasteiger partial charge in [-0.15, -0.1) is 0 Å². The molecule has 1 N–H and O–H groups in total. The molecular weight excluding hydrogens is 324 g/mol. The van der Waals surface area contributed by atoms with Gasteiger partial charge in [0.2, 0.25) is 5.88 Å². The molecular formula is C17H24N4O2S. The number of aromatic nitrogens is 2. The number of pyridine rings is 2. The molecule has 0 bridgehead atoms. The number of nitrogens with one attached hydrogen (secondary N) is 1. The second kappa shape index (κ2) is 6.93. The van der Waals surface area contributed by atoms with Crippen molar-refractivity contribution in [2.24, 2.45) is 5.92 Å². The summed E-state index contributed by atoms with van der Waals surface area (Å²) in [5, 5.41) is 1.04. The van der Waals surface area contributed by atoms with Gasteiger partial charge in [0.05, 0.1) is 12.6 Å². The number of hydrogen-bond acceptors (Lipinski definition) is 6. The fourth-order valence-electron chi connectivity index (χ4n) is 3.25. The first-order valence-electron chi connectivity index (χ1n) is 8.21. The van der Waals surface area contributed by atoms with Gasteiger partial charge in [0.15, 0.2) is 0 Å². The van der Waals surface area contributed by atoms with Gasteiger partial charge in [-0.1, -0.05) is 0 Å². The summed E-state index contributed by atoms with van der Waals surface area (Å²) in [5.41, 5.74) is 2.05. The van der Waals surface area contributed by atoms with Gasteiger partial charge in [-0.05, 0) is 31.2 Å². The highest BCUT2D eigenvalue weighted by molar-refractivity contribution is 7.91. The van der Waals surface area contributed by atoms with Crippen LogP contribution in [0.3, 0.4) is 0 Å². The Morgan fingerprint density at radius 3 is 2.79 bits per heavy atom. The smallest absolute Gasteiger partial charge is 0.215 e. The van der Waals surface area contributed by atoms with Gasteiger partial charge in [0.25, 0.3) is 0 Å². The molecule has 3 rings (SSSR count). The van der Waals surface area contributed by atoms with E-state index < -0.39 is 9.73 Å². The molecule has 3 heterocycles. The standard InChI is InChI=1S/C17H24N4O2S/c1-23-17-11-15-14(12-20-17)16(3-7-19-15)21-8-4-13(5-9-21)6-10-24(2,18)22/h3,7,11-13,18H,4-6,8-10H2,1-2H3. The third-order valence-corrected chi connectivity index (χ3v) is 5.67. The predicted octanol–water partition coefficient (Wildman–Crippen LogP) is 2.92. The van der Waals surface area contributed by atoms with Gasteiger partial charge in [-0.25, -0.2) is 4.98 Å². The van der Waals surface area contributed by atoms with Crippen LogP contribution >= 0.6 is 0 Å². The number of fused-ring (bicyclic) bond motifs is 1. The average molecular weight is 348 g/mol. The molecule has 0 aromatic carbocycles. The highest BCUT2D eigenvalue weighted by Gasteiger charge is 2.21. The summed E-state index contributed by atoms with van der Waals surface area (Å²) in [6, 6.07) is 3.90. The van der Waals surface area contributed by atoms with Crippen LogP contribution in [-0.4, -0.2) is 46.4 Å². The number of methoxy groups -OCH3 is 1. The van der Waals surface area contributed by atoms with Crippen LogP contribution in [0.5, 0.6) is 5.88 Å². The lowest BCUT2D eigenvalue weighted by atomic mass is 9.94. The van der Waals surface area contributed by atoms with Crippen LogP contribution in [0.25, 0.3) is 10.9 Å². The van der Waals surface area contributed by atoms with E-state index in [9.17, 15) is 4.21 Å². The second-order valence-corrected chi connectivity index (χ2v) is 8.92. The Balaban J connectivity index is 1.71. The maximum Gasteiger partial charge on any atom is 0.215 e. The number of rotatable bonds is 5. The molecule has 0 radical (unpaired) electrons. The maximum absolute atomic E-state index is 11.5. The van der Waals surface area contributed by atoms with E-state index in [1.807, 2.05) is 24.5 Å². The predicted molar refractivity (Wildman–Crippen MR) is 97.3 cm³/mol. The molecule has 1 aliphatic rings. The number of anilines is 1. The Labute approximate surface area is 143 Å². The van der Waals surface area contributed by atoms with Gasteiger partial charge < -0.3 is 9.64 Å². The van der Waals surface area contributed by atoms with E-state index >= 15 is 0 Å². The van der Waals surface area contributed by atoms with Crippen molar-refractivity contribution in [3.8, 4) is 5.88 Å². The van der Waals surface area contributed by atoms with Gasteiger partial charge in [0, 0.05) is 64.4 Å². The molecule has 1 unspecified atom stereocenters. The molecule has 1 aliphatic heterocycles. The van der Waals surface area contributed by atoms with E-state index in [4.69, 9.17) is 9.52 Å². The van der Waals surface area contributed by atoms with Gasteiger partial charge >= 0.3 is 0 Å². The average Bonchev–Trinajstić information content (AvgIpc) is 2.59. The van der Waals surface area contributed by atoms with Crippen molar-refractivity contribution < 1.29 is 8.95 Å². The number of ether oxygens (including phenoxy) is 1.